The minimum absolute atomic E-state index is 0.833. The summed E-state index contributed by atoms with van der Waals surface area (Å²) >= 11 is 0. The van der Waals surface area contributed by atoms with Crippen molar-refractivity contribution in [2.24, 2.45) is 11.8 Å². The molecule has 26 heavy (non-hydrogen) atoms. The highest BCUT2D eigenvalue weighted by molar-refractivity contribution is 5.32. The lowest BCUT2D eigenvalue weighted by atomic mass is 9.92. The van der Waals surface area contributed by atoms with Gasteiger partial charge >= 0.3 is 0 Å². The summed E-state index contributed by atoms with van der Waals surface area (Å²) in [6.07, 6.45) is 12.2. The summed E-state index contributed by atoms with van der Waals surface area (Å²) in [4.78, 5) is 0. The van der Waals surface area contributed by atoms with Gasteiger partial charge in [0, 0.05) is 0 Å². The summed E-state index contributed by atoms with van der Waals surface area (Å²) in [5.41, 5.74) is 4.59. The molecule has 1 aliphatic rings. The molecule has 0 amide bonds. The van der Waals surface area contributed by atoms with Gasteiger partial charge in [-0.05, 0) is 42.7 Å². The second-order valence-electron chi connectivity index (χ2n) is 8.42. The first-order valence-electron chi connectivity index (χ1n) is 11.4. The molecule has 154 valence electrons. The van der Waals surface area contributed by atoms with Crippen LogP contribution in [0.4, 0.5) is 0 Å². The van der Waals surface area contributed by atoms with E-state index in [9.17, 15) is 0 Å². The van der Waals surface area contributed by atoms with Crippen LogP contribution in [0.15, 0.2) is 18.2 Å². The van der Waals surface area contributed by atoms with Gasteiger partial charge in [-0.1, -0.05) is 124 Å². The van der Waals surface area contributed by atoms with Gasteiger partial charge in [-0.2, -0.15) is 0 Å². The van der Waals surface area contributed by atoms with Gasteiger partial charge in [0.2, 0.25) is 0 Å². The summed E-state index contributed by atoms with van der Waals surface area (Å²) in [7, 11) is 0. The Morgan fingerprint density at radius 3 is 1.69 bits per heavy atom. The predicted octanol–water partition coefficient (Wildman–Crippen LogP) is 9.18. The lowest BCUT2D eigenvalue weighted by Crippen LogP contribution is -2.02. The SMILES string of the molecule is CC(C)C.CCC.CCCC.CCc1ccc(C)cc1CC1CCCC1. The van der Waals surface area contributed by atoms with E-state index in [1.165, 1.54) is 63.4 Å². The Morgan fingerprint density at radius 2 is 1.31 bits per heavy atom. The zero-order valence-corrected chi connectivity index (χ0v) is 19.8. The molecule has 0 unspecified atom stereocenters. The Labute approximate surface area is 167 Å². The molecule has 0 heterocycles. The van der Waals surface area contributed by atoms with Crippen molar-refractivity contribution in [3.8, 4) is 0 Å². The van der Waals surface area contributed by atoms with Gasteiger partial charge < -0.3 is 0 Å². The number of aryl methyl sites for hydroxylation is 2. The van der Waals surface area contributed by atoms with Crippen LogP contribution in [0.3, 0.4) is 0 Å². The molecule has 0 atom stereocenters. The highest BCUT2D eigenvalue weighted by Gasteiger charge is 2.16. The van der Waals surface area contributed by atoms with E-state index in [-0.39, 0.29) is 0 Å². The van der Waals surface area contributed by atoms with Crippen LogP contribution in [0.2, 0.25) is 0 Å². The highest BCUT2D eigenvalue weighted by Crippen LogP contribution is 2.29. The van der Waals surface area contributed by atoms with Crippen molar-refractivity contribution in [2.75, 3.05) is 0 Å². The Morgan fingerprint density at radius 1 is 0.846 bits per heavy atom. The number of unbranched alkanes of at least 4 members (excludes halogenated alkanes) is 1. The average Bonchev–Trinajstić information content (AvgIpc) is 3.09. The van der Waals surface area contributed by atoms with Gasteiger partial charge in [-0.25, -0.2) is 0 Å². The van der Waals surface area contributed by atoms with Gasteiger partial charge in [0.25, 0.3) is 0 Å². The fourth-order valence-electron chi connectivity index (χ4n) is 2.82. The van der Waals surface area contributed by atoms with Crippen molar-refractivity contribution in [3.05, 3.63) is 34.9 Å². The van der Waals surface area contributed by atoms with E-state index < -0.39 is 0 Å². The molecule has 1 aromatic rings. The van der Waals surface area contributed by atoms with E-state index in [0.717, 1.165) is 11.8 Å². The van der Waals surface area contributed by atoms with E-state index in [4.69, 9.17) is 0 Å². The van der Waals surface area contributed by atoms with Crippen molar-refractivity contribution in [1.29, 1.82) is 0 Å². The first-order chi connectivity index (χ1) is 12.4. The van der Waals surface area contributed by atoms with E-state index in [1.807, 2.05) is 0 Å². The number of rotatable bonds is 4. The van der Waals surface area contributed by atoms with Gasteiger partial charge in [0.15, 0.2) is 0 Å². The molecule has 0 aliphatic heterocycles. The molecule has 0 bridgehead atoms. The summed E-state index contributed by atoms with van der Waals surface area (Å²) in [5.74, 6) is 1.80. The molecule has 0 N–H and O–H groups in total. The highest BCUT2D eigenvalue weighted by atomic mass is 14.2. The molecule has 0 aromatic heterocycles. The molecule has 0 heteroatoms. The second-order valence-corrected chi connectivity index (χ2v) is 8.42. The third kappa shape index (κ3) is 16.7. The minimum atomic E-state index is 0.833. The minimum Gasteiger partial charge on any atom is -0.0656 e. The van der Waals surface area contributed by atoms with Crippen molar-refractivity contribution >= 4 is 0 Å². The third-order valence-corrected chi connectivity index (χ3v) is 4.23. The Kier molecular flexibility index (Phi) is 20.0. The zero-order chi connectivity index (χ0) is 20.4. The van der Waals surface area contributed by atoms with E-state index in [0.29, 0.717) is 0 Å². The summed E-state index contributed by atoms with van der Waals surface area (Å²) < 4.78 is 0. The Hall–Kier alpha value is -0.780. The maximum atomic E-state index is 2.40. The van der Waals surface area contributed by atoms with Gasteiger partial charge in [-0.15, -0.1) is 0 Å². The van der Waals surface area contributed by atoms with Crippen LogP contribution in [0, 0.1) is 18.8 Å². The Balaban J connectivity index is 0. The van der Waals surface area contributed by atoms with Crippen molar-refractivity contribution in [2.45, 2.75) is 120 Å². The zero-order valence-electron chi connectivity index (χ0n) is 19.8. The first-order valence-corrected chi connectivity index (χ1v) is 11.4. The molecule has 1 aromatic carbocycles. The van der Waals surface area contributed by atoms with Gasteiger partial charge in [-0.3, -0.25) is 0 Å². The van der Waals surface area contributed by atoms with Crippen LogP contribution in [0.5, 0.6) is 0 Å². The third-order valence-electron chi connectivity index (χ3n) is 4.23. The first kappa shape index (κ1) is 27.4. The summed E-state index contributed by atoms with van der Waals surface area (Å²) in [5, 5.41) is 0. The Bertz CT molecular complexity index is 392. The van der Waals surface area contributed by atoms with Crippen LogP contribution in [0.25, 0.3) is 0 Å². The lowest BCUT2D eigenvalue weighted by Gasteiger charge is -2.13. The largest absolute Gasteiger partial charge is 0.0656 e. The molecule has 0 saturated heterocycles. The fraction of sp³-hybridized carbons (Fsp3) is 0.769. The molecule has 1 fully saturated rings. The van der Waals surface area contributed by atoms with Crippen LogP contribution in [-0.2, 0) is 12.8 Å². The number of hydrogen-bond acceptors (Lipinski definition) is 0. The maximum Gasteiger partial charge on any atom is -0.0248 e. The lowest BCUT2D eigenvalue weighted by molar-refractivity contribution is 0.544. The van der Waals surface area contributed by atoms with Crippen molar-refractivity contribution in [1.82, 2.24) is 0 Å². The van der Waals surface area contributed by atoms with Crippen LogP contribution in [0.1, 0.15) is 117 Å². The number of hydrogen-bond donors (Lipinski definition) is 0. The fourth-order valence-corrected chi connectivity index (χ4v) is 2.82. The molecule has 2 rings (SSSR count). The molecule has 0 spiro atoms. The second kappa shape index (κ2) is 19.0. The predicted molar refractivity (Wildman–Crippen MR) is 123 cm³/mol. The van der Waals surface area contributed by atoms with Crippen LogP contribution >= 0.6 is 0 Å². The summed E-state index contributed by atoms with van der Waals surface area (Å²) in [6, 6.07) is 6.97. The van der Waals surface area contributed by atoms with Crippen molar-refractivity contribution < 1.29 is 0 Å². The van der Waals surface area contributed by atoms with E-state index >= 15 is 0 Å². The maximum absolute atomic E-state index is 2.40. The quantitative estimate of drug-likeness (QED) is 0.500. The smallest absolute Gasteiger partial charge is 0.0248 e. The van der Waals surface area contributed by atoms with Gasteiger partial charge in [0.05, 0.1) is 0 Å². The molecule has 0 nitrogen and oxygen atoms in total. The monoisotopic (exact) mass is 362 g/mol. The molecule has 0 radical (unpaired) electrons. The topological polar surface area (TPSA) is 0 Å². The van der Waals surface area contributed by atoms with E-state index in [1.54, 1.807) is 11.1 Å². The molecular weight excluding hydrogens is 312 g/mol. The van der Waals surface area contributed by atoms with E-state index in [2.05, 4.69) is 80.5 Å². The summed E-state index contributed by atoms with van der Waals surface area (Å²) in [6.45, 7) is 19.6. The number of benzene rings is 1. The molecule has 1 aliphatic carbocycles. The van der Waals surface area contributed by atoms with Gasteiger partial charge in [0.1, 0.15) is 0 Å². The average molecular weight is 363 g/mol. The van der Waals surface area contributed by atoms with Crippen LogP contribution in [-0.4, -0.2) is 0 Å². The molecular formula is C26H50. The normalized spacial score (nSPS) is 13.2. The molecule has 1 saturated carbocycles. The standard InChI is InChI=1S/C15H22.2C4H10.C3H8/c1-3-14-9-8-12(2)10-15(14)11-13-6-4-5-7-13;1-4(2)3;1-3-4-2;1-3-2/h8-10,13H,3-7,11H2,1-2H3;4H,1-3H3;3-4H2,1-2H3;3H2,1-2H3. The van der Waals surface area contributed by atoms with Crippen LogP contribution < -0.4 is 0 Å². The van der Waals surface area contributed by atoms with Crippen molar-refractivity contribution in [3.63, 3.8) is 0 Å².